The number of rotatable bonds is 10. The number of hydrogen-bond donors (Lipinski definition) is 1. The van der Waals surface area contributed by atoms with Gasteiger partial charge in [-0.2, -0.15) is 0 Å². The van der Waals surface area contributed by atoms with Crippen LogP contribution in [0.1, 0.15) is 34.3 Å². The van der Waals surface area contributed by atoms with E-state index in [1.165, 1.54) is 24.6 Å². The standard InChI is InChI=1S/C26H29ClN4O3S/c1-33-21-9-8-18(15-22(21)34-2)10-11-28-25(32)20-7-5-6-19(14-20)17-35-26-29-23(27)16-24(30-26)31-12-3-4-13-31/h5-9,14-16H,3-4,10-13,17H2,1-2H3,(H,28,32). The van der Waals surface area contributed by atoms with Crippen LogP contribution in [0.15, 0.2) is 53.7 Å². The zero-order valence-corrected chi connectivity index (χ0v) is 21.5. The molecule has 1 aliphatic heterocycles. The van der Waals surface area contributed by atoms with E-state index in [0.29, 0.717) is 46.1 Å². The molecule has 1 saturated heterocycles. The topological polar surface area (TPSA) is 76.6 Å². The molecule has 1 aromatic heterocycles. The maximum absolute atomic E-state index is 12.7. The lowest BCUT2D eigenvalue weighted by molar-refractivity contribution is 0.0954. The van der Waals surface area contributed by atoms with Gasteiger partial charge in [0, 0.05) is 37.0 Å². The number of anilines is 1. The Hall–Kier alpha value is -2.97. The maximum Gasteiger partial charge on any atom is 0.251 e. The quantitative estimate of drug-likeness (QED) is 0.232. The maximum atomic E-state index is 12.7. The summed E-state index contributed by atoms with van der Waals surface area (Å²) >= 11 is 7.76. The van der Waals surface area contributed by atoms with Gasteiger partial charge < -0.3 is 19.7 Å². The molecule has 9 heteroatoms. The monoisotopic (exact) mass is 512 g/mol. The van der Waals surface area contributed by atoms with Gasteiger partial charge in [0.15, 0.2) is 16.7 Å². The molecule has 0 aliphatic carbocycles. The van der Waals surface area contributed by atoms with E-state index in [1.54, 1.807) is 14.2 Å². The number of carbonyl (C=O) groups excluding carboxylic acids is 1. The van der Waals surface area contributed by atoms with Gasteiger partial charge in [0.2, 0.25) is 0 Å². The van der Waals surface area contributed by atoms with Crippen molar-refractivity contribution in [2.75, 3.05) is 38.8 Å². The van der Waals surface area contributed by atoms with Crippen molar-refractivity contribution in [3.63, 3.8) is 0 Å². The predicted octanol–water partition coefficient (Wildman–Crippen LogP) is 5.01. The number of halogens is 1. The van der Waals surface area contributed by atoms with Gasteiger partial charge >= 0.3 is 0 Å². The average Bonchev–Trinajstić information content (AvgIpc) is 3.42. The highest BCUT2D eigenvalue weighted by Gasteiger charge is 2.16. The Balaban J connectivity index is 1.32. The van der Waals surface area contributed by atoms with E-state index >= 15 is 0 Å². The molecule has 1 fully saturated rings. The number of methoxy groups -OCH3 is 2. The lowest BCUT2D eigenvalue weighted by Crippen LogP contribution is -2.25. The first-order valence-corrected chi connectivity index (χ1v) is 12.9. The van der Waals surface area contributed by atoms with Crippen molar-refractivity contribution in [2.24, 2.45) is 0 Å². The summed E-state index contributed by atoms with van der Waals surface area (Å²) in [7, 11) is 3.22. The van der Waals surface area contributed by atoms with Gasteiger partial charge in [-0.3, -0.25) is 4.79 Å². The molecule has 35 heavy (non-hydrogen) atoms. The first-order valence-electron chi connectivity index (χ1n) is 11.6. The molecule has 0 radical (unpaired) electrons. The normalized spacial score (nSPS) is 13.1. The summed E-state index contributed by atoms with van der Waals surface area (Å²) in [6.45, 7) is 2.52. The van der Waals surface area contributed by atoms with Crippen molar-refractivity contribution in [3.05, 3.63) is 70.4 Å². The minimum absolute atomic E-state index is 0.104. The van der Waals surface area contributed by atoms with Crippen LogP contribution in [0.5, 0.6) is 11.5 Å². The van der Waals surface area contributed by atoms with Gasteiger partial charge in [0.25, 0.3) is 5.91 Å². The van der Waals surface area contributed by atoms with Crippen LogP contribution in [0.2, 0.25) is 5.15 Å². The van der Waals surface area contributed by atoms with Crippen LogP contribution in [-0.4, -0.2) is 49.7 Å². The van der Waals surface area contributed by atoms with Crippen molar-refractivity contribution in [3.8, 4) is 11.5 Å². The third kappa shape index (κ3) is 6.80. The number of aromatic nitrogens is 2. The van der Waals surface area contributed by atoms with Crippen LogP contribution in [0.3, 0.4) is 0 Å². The number of ether oxygens (including phenoxy) is 2. The Morgan fingerprint density at radius 1 is 1.03 bits per heavy atom. The van der Waals surface area contributed by atoms with E-state index < -0.39 is 0 Å². The minimum atomic E-state index is -0.104. The van der Waals surface area contributed by atoms with E-state index in [0.717, 1.165) is 30.0 Å². The van der Waals surface area contributed by atoms with E-state index in [-0.39, 0.29) is 5.91 Å². The third-order valence-electron chi connectivity index (χ3n) is 5.80. The first-order chi connectivity index (χ1) is 17.1. The molecule has 7 nitrogen and oxygen atoms in total. The summed E-state index contributed by atoms with van der Waals surface area (Å²) in [5.41, 5.74) is 2.71. The van der Waals surface area contributed by atoms with Gasteiger partial charge in [-0.15, -0.1) is 0 Å². The SMILES string of the molecule is COc1ccc(CCNC(=O)c2cccc(CSc3nc(Cl)cc(N4CCCC4)n3)c2)cc1OC. The van der Waals surface area contributed by atoms with E-state index in [2.05, 4.69) is 20.2 Å². The molecule has 3 aromatic rings. The Kier molecular flexibility index (Phi) is 8.71. The van der Waals surface area contributed by atoms with Crippen molar-refractivity contribution in [1.82, 2.24) is 15.3 Å². The van der Waals surface area contributed by atoms with Gasteiger partial charge in [0.1, 0.15) is 11.0 Å². The molecule has 2 aromatic carbocycles. The fourth-order valence-electron chi connectivity index (χ4n) is 3.97. The number of nitrogens with one attached hydrogen (secondary N) is 1. The van der Waals surface area contributed by atoms with E-state index in [9.17, 15) is 4.79 Å². The fourth-order valence-corrected chi connectivity index (χ4v) is 4.99. The lowest BCUT2D eigenvalue weighted by Gasteiger charge is -2.16. The fraction of sp³-hybridized carbons (Fsp3) is 0.346. The zero-order chi connectivity index (χ0) is 24.6. The molecule has 1 amide bonds. The number of nitrogens with zero attached hydrogens (tertiary/aromatic N) is 3. The Morgan fingerprint density at radius 2 is 1.83 bits per heavy atom. The number of amides is 1. The molecular formula is C26H29ClN4O3S. The molecule has 0 atom stereocenters. The zero-order valence-electron chi connectivity index (χ0n) is 19.9. The third-order valence-corrected chi connectivity index (χ3v) is 6.91. The minimum Gasteiger partial charge on any atom is -0.493 e. The van der Waals surface area contributed by atoms with Crippen LogP contribution in [0, 0.1) is 0 Å². The summed E-state index contributed by atoms with van der Waals surface area (Å²) in [6.07, 6.45) is 3.04. The highest BCUT2D eigenvalue weighted by molar-refractivity contribution is 7.98. The van der Waals surface area contributed by atoms with E-state index in [1.807, 2.05) is 48.5 Å². The molecule has 184 valence electrons. The highest BCUT2D eigenvalue weighted by atomic mass is 35.5. The van der Waals surface area contributed by atoms with Crippen LogP contribution in [-0.2, 0) is 12.2 Å². The van der Waals surface area contributed by atoms with Crippen LogP contribution < -0.4 is 19.7 Å². The Bertz CT molecular complexity index is 1170. The summed E-state index contributed by atoms with van der Waals surface area (Å²) in [5, 5.41) is 4.09. The summed E-state index contributed by atoms with van der Waals surface area (Å²) in [5.74, 6) is 2.79. The summed E-state index contributed by atoms with van der Waals surface area (Å²) in [4.78, 5) is 24.0. The summed E-state index contributed by atoms with van der Waals surface area (Å²) in [6, 6.07) is 15.2. The van der Waals surface area contributed by atoms with Gasteiger partial charge in [-0.1, -0.05) is 41.6 Å². The first kappa shape index (κ1) is 25.1. The lowest BCUT2D eigenvalue weighted by atomic mass is 10.1. The van der Waals surface area contributed by atoms with Crippen LogP contribution in [0.25, 0.3) is 0 Å². The Morgan fingerprint density at radius 3 is 2.60 bits per heavy atom. The van der Waals surface area contributed by atoms with Crippen LogP contribution in [0.4, 0.5) is 5.82 Å². The largest absolute Gasteiger partial charge is 0.493 e. The number of thioether (sulfide) groups is 1. The van der Waals surface area contributed by atoms with Gasteiger partial charge in [-0.25, -0.2) is 9.97 Å². The summed E-state index contributed by atoms with van der Waals surface area (Å²) < 4.78 is 10.6. The molecule has 0 bridgehead atoms. The predicted molar refractivity (Wildman–Crippen MR) is 140 cm³/mol. The number of benzene rings is 2. The van der Waals surface area contributed by atoms with Crippen LogP contribution >= 0.6 is 23.4 Å². The second kappa shape index (κ2) is 12.1. The molecule has 4 rings (SSSR count). The molecular weight excluding hydrogens is 484 g/mol. The molecule has 1 aliphatic rings. The molecule has 0 unspecified atom stereocenters. The van der Waals surface area contributed by atoms with E-state index in [4.69, 9.17) is 21.1 Å². The number of carbonyl (C=O) groups is 1. The van der Waals surface area contributed by atoms with Crippen molar-refractivity contribution < 1.29 is 14.3 Å². The molecule has 0 saturated carbocycles. The second-order valence-electron chi connectivity index (χ2n) is 8.21. The van der Waals surface area contributed by atoms with Gasteiger partial charge in [-0.05, 0) is 54.7 Å². The molecule has 1 N–H and O–H groups in total. The second-order valence-corrected chi connectivity index (χ2v) is 9.54. The molecule has 0 spiro atoms. The Labute approximate surface area is 215 Å². The van der Waals surface area contributed by atoms with Crippen molar-refractivity contribution in [2.45, 2.75) is 30.2 Å². The highest BCUT2D eigenvalue weighted by Crippen LogP contribution is 2.28. The average molecular weight is 513 g/mol. The number of hydrogen-bond acceptors (Lipinski definition) is 7. The smallest absolute Gasteiger partial charge is 0.251 e. The van der Waals surface area contributed by atoms with Crippen molar-refractivity contribution in [1.29, 1.82) is 0 Å². The molecule has 2 heterocycles. The van der Waals surface area contributed by atoms with Gasteiger partial charge in [0.05, 0.1) is 14.2 Å². The van der Waals surface area contributed by atoms with Crippen molar-refractivity contribution >= 4 is 35.1 Å².